The minimum Gasteiger partial charge on any atom is -0.323 e. The summed E-state index contributed by atoms with van der Waals surface area (Å²) in [7, 11) is -3.21. The van der Waals surface area contributed by atoms with E-state index >= 15 is 0 Å². The molecule has 5 heteroatoms. The van der Waals surface area contributed by atoms with E-state index in [9.17, 15) is 12.8 Å². The molecule has 0 amide bonds. The lowest BCUT2D eigenvalue weighted by Crippen LogP contribution is -2.32. The maximum atomic E-state index is 13.0. The Labute approximate surface area is 95.4 Å². The van der Waals surface area contributed by atoms with Crippen molar-refractivity contribution >= 4 is 9.84 Å². The number of halogens is 1. The molecule has 0 aliphatic rings. The average molecular weight is 245 g/mol. The number of benzene rings is 1. The van der Waals surface area contributed by atoms with Crippen LogP contribution in [0.1, 0.15) is 25.5 Å². The van der Waals surface area contributed by atoms with Gasteiger partial charge in [0.15, 0.2) is 9.84 Å². The maximum absolute atomic E-state index is 13.0. The van der Waals surface area contributed by atoms with Gasteiger partial charge in [0.1, 0.15) is 5.82 Å². The summed E-state index contributed by atoms with van der Waals surface area (Å²) in [5, 5.41) is -0.709. The predicted molar refractivity (Wildman–Crippen MR) is 62.3 cm³/mol. The molecule has 0 saturated heterocycles. The van der Waals surface area contributed by atoms with Gasteiger partial charge >= 0.3 is 0 Å². The summed E-state index contributed by atoms with van der Waals surface area (Å²) in [6, 6.07) is 5.04. The highest BCUT2D eigenvalue weighted by atomic mass is 32.2. The largest absolute Gasteiger partial charge is 0.323 e. The van der Waals surface area contributed by atoms with Crippen molar-refractivity contribution in [3.05, 3.63) is 35.6 Å². The fourth-order valence-electron chi connectivity index (χ4n) is 1.47. The molecule has 1 aromatic rings. The average Bonchev–Trinajstić information content (AvgIpc) is 2.27. The Morgan fingerprint density at radius 1 is 1.44 bits per heavy atom. The van der Waals surface area contributed by atoms with E-state index in [0.717, 1.165) is 0 Å². The van der Waals surface area contributed by atoms with Crippen LogP contribution in [0.25, 0.3) is 0 Å². The first kappa shape index (κ1) is 13.1. The van der Waals surface area contributed by atoms with Gasteiger partial charge in [0, 0.05) is 11.8 Å². The normalized spacial score (nSPS) is 15.8. The minimum atomic E-state index is -3.21. The molecule has 0 heterocycles. The summed E-state index contributed by atoms with van der Waals surface area (Å²) in [6.45, 7) is 3.12. The molecule has 0 aliphatic heterocycles. The van der Waals surface area contributed by atoms with Gasteiger partial charge in [-0.05, 0) is 24.6 Å². The van der Waals surface area contributed by atoms with E-state index in [-0.39, 0.29) is 5.75 Å². The van der Waals surface area contributed by atoms with Crippen LogP contribution in [0.4, 0.5) is 4.39 Å². The molecule has 2 N–H and O–H groups in total. The zero-order valence-electron chi connectivity index (χ0n) is 9.35. The highest BCUT2D eigenvalue weighted by Gasteiger charge is 2.26. The molecule has 0 aliphatic carbocycles. The highest BCUT2D eigenvalue weighted by Crippen LogP contribution is 2.20. The van der Waals surface area contributed by atoms with Gasteiger partial charge in [-0.3, -0.25) is 0 Å². The van der Waals surface area contributed by atoms with Gasteiger partial charge in [0.25, 0.3) is 0 Å². The number of nitrogens with two attached hydrogens (primary N) is 1. The lowest BCUT2D eigenvalue weighted by Gasteiger charge is -2.19. The third-order valence-corrected chi connectivity index (χ3v) is 4.94. The van der Waals surface area contributed by atoms with Crippen molar-refractivity contribution in [2.75, 3.05) is 5.75 Å². The van der Waals surface area contributed by atoms with Crippen molar-refractivity contribution in [1.29, 1.82) is 0 Å². The fraction of sp³-hybridized carbons (Fsp3) is 0.455. The molecule has 0 unspecified atom stereocenters. The number of rotatable bonds is 4. The molecule has 2 atom stereocenters. The zero-order valence-corrected chi connectivity index (χ0v) is 10.2. The van der Waals surface area contributed by atoms with Crippen LogP contribution in [0.2, 0.25) is 0 Å². The summed E-state index contributed by atoms with van der Waals surface area (Å²) in [6.07, 6.45) is 0. The second kappa shape index (κ2) is 4.93. The third-order valence-electron chi connectivity index (χ3n) is 2.71. The second-order valence-electron chi connectivity index (χ2n) is 3.74. The van der Waals surface area contributed by atoms with Crippen molar-refractivity contribution in [3.63, 3.8) is 0 Å². The van der Waals surface area contributed by atoms with Gasteiger partial charge in [-0.2, -0.15) is 0 Å². The summed E-state index contributed by atoms with van der Waals surface area (Å²) in [4.78, 5) is 0. The zero-order chi connectivity index (χ0) is 12.3. The minimum absolute atomic E-state index is 0.0389. The number of hydrogen-bond acceptors (Lipinski definition) is 3. The van der Waals surface area contributed by atoms with E-state index in [1.807, 2.05) is 0 Å². The quantitative estimate of drug-likeness (QED) is 0.877. The molecule has 16 heavy (non-hydrogen) atoms. The van der Waals surface area contributed by atoms with Crippen LogP contribution in [-0.2, 0) is 9.84 Å². The Hall–Kier alpha value is -0.940. The topological polar surface area (TPSA) is 60.2 Å². The summed E-state index contributed by atoms with van der Waals surface area (Å²) in [5.41, 5.74) is 6.33. The van der Waals surface area contributed by atoms with E-state index in [0.29, 0.717) is 5.56 Å². The summed E-state index contributed by atoms with van der Waals surface area (Å²) in [5.74, 6) is -0.369. The van der Waals surface area contributed by atoms with E-state index in [1.54, 1.807) is 19.9 Å². The van der Waals surface area contributed by atoms with Crippen molar-refractivity contribution in [3.8, 4) is 0 Å². The molecule has 0 spiro atoms. The molecular formula is C11H16FNO2S. The van der Waals surface area contributed by atoms with E-state index in [2.05, 4.69) is 0 Å². The van der Waals surface area contributed by atoms with Crippen LogP contribution in [0.5, 0.6) is 0 Å². The Balaban J connectivity index is 2.99. The van der Waals surface area contributed by atoms with Gasteiger partial charge in [-0.25, -0.2) is 12.8 Å². The molecular weight excluding hydrogens is 229 g/mol. The Kier molecular flexibility index (Phi) is 4.04. The Bertz CT molecular complexity index is 459. The maximum Gasteiger partial charge on any atom is 0.154 e. The molecule has 0 aromatic heterocycles. The van der Waals surface area contributed by atoms with Crippen LogP contribution in [0, 0.1) is 5.82 Å². The smallest absolute Gasteiger partial charge is 0.154 e. The van der Waals surface area contributed by atoms with E-state index in [4.69, 9.17) is 5.73 Å². The summed E-state index contributed by atoms with van der Waals surface area (Å²) < 4.78 is 36.2. The van der Waals surface area contributed by atoms with Crippen LogP contribution in [0.3, 0.4) is 0 Å². The predicted octanol–water partition coefficient (Wildman–Crippen LogP) is 1.65. The van der Waals surface area contributed by atoms with Crippen LogP contribution in [0.15, 0.2) is 24.3 Å². The molecule has 0 bridgehead atoms. The Morgan fingerprint density at radius 3 is 2.56 bits per heavy atom. The van der Waals surface area contributed by atoms with Crippen molar-refractivity contribution in [1.82, 2.24) is 0 Å². The third kappa shape index (κ3) is 2.80. The first-order valence-electron chi connectivity index (χ1n) is 5.11. The highest BCUT2D eigenvalue weighted by molar-refractivity contribution is 7.92. The fourth-order valence-corrected chi connectivity index (χ4v) is 2.60. The molecule has 0 fully saturated rings. The van der Waals surface area contributed by atoms with Gasteiger partial charge in [-0.1, -0.05) is 19.1 Å². The molecule has 1 aromatic carbocycles. The molecule has 3 nitrogen and oxygen atoms in total. The molecule has 0 saturated carbocycles. The van der Waals surface area contributed by atoms with Gasteiger partial charge in [0.2, 0.25) is 0 Å². The second-order valence-corrected chi connectivity index (χ2v) is 6.38. The van der Waals surface area contributed by atoms with Gasteiger partial charge in [0.05, 0.1) is 5.25 Å². The number of hydrogen-bond donors (Lipinski definition) is 1. The molecule has 0 radical (unpaired) electrons. The van der Waals surface area contributed by atoms with Crippen LogP contribution < -0.4 is 5.73 Å². The lowest BCUT2D eigenvalue weighted by atomic mass is 10.1. The van der Waals surface area contributed by atoms with E-state index < -0.39 is 26.9 Å². The van der Waals surface area contributed by atoms with Gasteiger partial charge in [-0.15, -0.1) is 0 Å². The Morgan fingerprint density at radius 2 is 2.06 bits per heavy atom. The molecule has 90 valence electrons. The van der Waals surface area contributed by atoms with E-state index in [1.165, 1.54) is 18.2 Å². The van der Waals surface area contributed by atoms with Crippen molar-refractivity contribution in [2.45, 2.75) is 25.1 Å². The number of sulfone groups is 1. The van der Waals surface area contributed by atoms with Crippen LogP contribution >= 0.6 is 0 Å². The summed E-state index contributed by atoms with van der Waals surface area (Å²) >= 11 is 0. The first-order valence-corrected chi connectivity index (χ1v) is 6.82. The SMILES string of the molecule is CCS(=O)(=O)[C@@H](C)[C@@H](N)c1cccc(F)c1. The van der Waals surface area contributed by atoms with Crippen molar-refractivity contribution in [2.24, 2.45) is 5.73 Å². The lowest BCUT2D eigenvalue weighted by molar-refractivity contribution is 0.563. The monoisotopic (exact) mass is 245 g/mol. The van der Waals surface area contributed by atoms with Gasteiger partial charge < -0.3 is 5.73 Å². The standard InChI is InChI=1S/C11H16FNO2S/c1-3-16(14,15)8(2)11(13)9-5-4-6-10(12)7-9/h4-8,11H,3,13H2,1-2H3/t8-,11+/m0/s1. The molecule has 1 rings (SSSR count). The first-order chi connectivity index (χ1) is 7.38. The van der Waals surface area contributed by atoms with Crippen LogP contribution in [-0.4, -0.2) is 19.4 Å². The van der Waals surface area contributed by atoms with Crippen molar-refractivity contribution < 1.29 is 12.8 Å².